The summed E-state index contributed by atoms with van der Waals surface area (Å²) < 4.78 is 5.81. The van der Waals surface area contributed by atoms with Crippen LogP contribution in [0.3, 0.4) is 0 Å². The maximum Gasteiger partial charge on any atom is 0.221 e. The van der Waals surface area contributed by atoms with Crippen LogP contribution in [0, 0.1) is 5.92 Å². The molecule has 0 aliphatic heterocycles. The number of carbonyl (C=O) groups is 1. The number of rotatable bonds is 11. The van der Waals surface area contributed by atoms with Gasteiger partial charge in [-0.3, -0.25) is 9.79 Å². The van der Waals surface area contributed by atoms with Gasteiger partial charge in [0.2, 0.25) is 5.91 Å². The van der Waals surface area contributed by atoms with Gasteiger partial charge >= 0.3 is 0 Å². The van der Waals surface area contributed by atoms with Gasteiger partial charge < -0.3 is 20.7 Å². The van der Waals surface area contributed by atoms with E-state index in [-0.39, 0.29) is 29.9 Å². The molecule has 0 fully saturated rings. The van der Waals surface area contributed by atoms with E-state index in [0.29, 0.717) is 25.7 Å². The van der Waals surface area contributed by atoms with Crippen molar-refractivity contribution in [3.63, 3.8) is 0 Å². The van der Waals surface area contributed by atoms with Crippen LogP contribution in [0.15, 0.2) is 59.6 Å². The summed E-state index contributed by atoms with van der Waals surface area (Å²) in [5.41, 5.74) is 3.21. The minimum Gasteiger partial charge on any atom is -0.376 e. The van der Waals surface area contributed by atoms with Crippen molar-refractivity contribution in [3.8, 4) is 0 Å². The van der Waals surface area contributed by atoms with Crippen LogP contribution in [-0.4, -0.2) is 38.1 Å². The van der Waals surface area contributed by atoms with Crippen LogP contribution in [0.5, 0.6) is 0 Å². The van der Waals surface area contributed by atoms with Crippen LogP contribution in [0.25, 0.3) is 0 Å². The third kappa shape index (κ3) is 11.7. The number of nitrogens with zero attached hydrogens (tertiary/aromatic N) is 1. The van der Waals surface area contributed by atoms with E-state index in [2.05, 4.69) is 46.9 Å². The van der Waals surface area contributed by atoms with Crippen molar-refractivity contribution in [1.29, 1.82) is 0 Å². The fraction of sp³-hybridized carbons (Fsp3) is 0.417. The van der Waals surface area contributed by atoms with Crippen molar-refractivity contribution in [1.82, 2.24) is 10.6 Å². The summed E-state index contributed by atoms with van der Waals surface area (Å²) in [6.45, 7) is 9.33. The number of aliphatic imine (C=N–C) groups is 1. The largest absolute Gasteiger partial charge is 0.376 e. The maximum absolute atomic E-state index is 11.1. The number of halogens is 1. The van der Waals surface area contributed by atoms with Crippen molar-refractivity contribution in [2.45, 2.75) is 33.8 Å². The highest BCUT2D eigenvalue weighted by Crippen LogP contribution is 2.09. The Balaban J connectivity index is 0.00000480. The Labute approximate surface area is 203 Å². The summed E-state index contributed by atoms with van der Waals surface area (Å²) in [4.78, 5) is 15.8. The minimum atomic E-state index is -0.0596. The molecule has 3 N–H and O–H groups in total. The summed E-state index contributed by atoms with van der Waals surface area (Å²) >= 11 is 0. The minimum absolute atomic E-state index is 0. The summed E-state index contributed by atoms with van der Waals surface area (Å²) in [5.74, 6) is 1.10. The number of amides is 1. The first-order chi connectivity index (χ1) is 14.6. The first-order valence-corrected chi connectivity index (χ1v) is 10.6. The zero-order chi connectivity index (χ0) is 21.6. The van der Waals surface area contributed by atoms with Gasteiger partial charge in [0, 0.05) is 32.2 Å². The molecule has 0 aromatic heterocycles. The zero-order valence-corrected chi connectivity index (χ0v) is 21.0. The Kier molecular flexibility index (Phi) is 13.6. The lowest BCUT2D eigenvalue weighted by molar-refractivity contribution is -0.114. The third-order valence-electron chi connectivity index (χ3n) is 4.40. The number of anilines is 1. The molecule has 7 heteroatoms. The van der Waals surface area contributed by atoms with E-state index >= 15 is 0 Å². The molecule has 1 atom stereocenters. The van der Waals surface area contributed by atoms with E-state index < -0.39 is 0 Å². The average molecular weight is 538 g/mol. The molecular weight excluding hydrogens is 503 g/mol. The smallest absolute Gasteiger partial charge is 0.221 e. The quantitative estimate of drug-likeness (QED) is 0.228. The SMILES string of the molecule is CCNC(=NCC(C)COCc1ccccc1)NCCc1ccc(NC(C)=O)cc1.I. The first kappa shape index (κ1) is 26.9. The van der Waals surface area contributed by atoms with Crippen molar-refractivity contribution in [2.24, 2.45) is 10.9 Å². The predicted octanol–water partition coefficient (Wildman–Crippen LogP) is 4.21. The molecule has 0 spiro atoms. The Morgan fingerprint density at radius 3 is 2.39 bits per heavy atom. The normalized spacial score (nSPS) is 11.9. The molecule has 2 aromatic carbocycles. The number of hydrogen-bond donors (Lipinski definition) is 3. The number of carbonyl (C=O) groups excluding carboxylic acids is 1. The van der Waals surface area contributed by atoms with E-state index in [4.69, 9.17) is 4.74 Å². The van der Waals surface area contributed by atoms with Crippen molar-refractivity contribution >= 4 is 41.5 Å². The molecule has 170 valence electrons. The zero-order valence-electron chi connectivity index (χ0n) is 18.7. The van der Waals surface area contributed by atoms with Crippen LogP contribution in [0.2, 0.25) is 0 Å². The van der Waals surface area contributed by atoms with Crippen molar-refractivity contribution in [3.05, 3.63) is 65.7 Å². The monoisotopic (exact) mass is 538 g/mol. The molecule has 1 amide bonds. The Morgan fingerprint density at radius 2 is 1.74 bits per heavy atom. The topological polar surface area (TPSA) is 74.8 Å². The van der Waals surface area contributed by atoms with E-state index in [1.54, 1.807) is 0 Å². The lowest BCUT2D eigenvalue weighted by atomic mass is 10.1. The lowest BCUT2D eigenvalue weighted by Crippen LogP contribution is -2.38. The molecule has 2 aromatic rings. The molecule has 0 radical (unpaired) electrons. The second-order valence-electron chi connectivity index (χ2n) is 7.38. The van der Waals surface area contributed by atoms with Gasteiger partial charge in [0.25, 0.3) is 0 Å². The fourth-order valence-electron chi connectivity index (χ4n) is 2.88. The maximum atomic E-state index is 11.1. The summed E-state index contributed by atoms with van der Waals surface area (Å²) in [7, 11) is 0. The number of nitrogens with one attached hydrogen (secondary N) is 3. The molecule has 1 unspecified atom stereocenters. The summed E-state index contributed by atoms with van der Waals surface area (Å²) in [5, 5.41) is 9.45. The molecule has 6 nitrogen and oxygen atoms in total. The lowest BCUT2D eigenvalue weighted by Gasteiger charge is -2.14. The summed E-state index contributed by atoms with van der Waals surface area (Å²) in [6, 6.07) is 18.1. The van der Waals surface area contributed by atoms with Gasteiger partial charge in [0.05, 0.1) is 13.2 Å². The highest BCUT2D eigenvalue weighted by molar-refractivity contribution is 14.0. The average Bonchev–Trinajstić information content (AvgIpc) is 2.73. The standard InChI is InChI=1S/C24H34N4O2.HI/c1-4-25-24(26-15-14-21-10-12-23(13-11-21)28-20(3)29)27-16-19(2)17-30-18-22-8-6-5-7-9-22;/h5-13,19H,4,14-18H2,1-3H3,(H,28,29)(H2,25,26,27);1H. The van der Waals surface area contributed by atoms with Gasteiger partial charge in [0.15, 0.2) is 5.96 Å². The second-order valence-corrected chi connectivity index (χ2v) is 7.38. The van der Waals surface area contributed by atoms with Gasteiger partial charge in [-0.25, -0.2) is 0 Å². The third-order valence-corrected chi connectivity index (χ3v) is 4.40. The van der Waals surface area contributed by atoms with Crippen LogP contribution in [0.4, 0.5) is 5.69 Å². The molecule has 31 heavy (non-hydrogen) atoms. The van der Waals surface area contributed by atoms with Gasteiger partial charge in [-0.2, -0.15) is 0 Å². The van der Waals surface area contributed by atoms with Crippen molar-refractivity contribution < 1.29 is 9.53 Å². The van der Waals surface area contributed by atoms with Gasteiger partial charge in [-0.05, 0) is 42.5 Å². The Morgan fingerprint density at radius 1 is 1.03 bits per heavy atom. The fourth-order valence-corrected chi connectivity index (χ4v) is 2.88. The molecule has 0 heterocycles. The molecule has 2 rings (SSSR count). The van der Waals surface area contributed by atoms with E-state index in [1.165, 1.54) is 18.1 Å². The molecule has 0 aliphatic carbocycles. The molecular formula is C24H35IN4O2. The van der Waals surface area contributed by atoms with Crippen LogP contribution < -0.4 is 16.0 Å². The van der Waals surface area contributed by atoms with Gasteiger partial charge in [-0.1, -0.05) is 49.4 Å². The van der Waals surface area contributed by atoms with Gasteiger partial charge in [0.1, 0.15) is 0 Å². The molecule has 0 bridgehead atoms. The van der Waals surface area contributed by atoms with Crippen molar-refractivity contribution in [2.75, 3.05) is 31.6 Å². The van der Waals surface area contributed by atoms with Crippen LogP contribution in [0.1, 0.15) is 31.9 Å². The Hall–Kier alpha value is -2.13. The molecule has 0 saturated carbocycles. The number of guanidine groups is 1. The van der Waals surface area contributed by atoms with Crippen LogP contribution in [-0.2, 0) is 22.6 Å². The summed E-state index contributed by atoms with van der Waals surface area (Å²) in [6.07, 6.45) is 0.876. The number of ether oxygens (including phenoxy) is 1. The second kappa shape index (κ2) is 15.6. The highest BCUT2D eigenvalue weighted by atomic mass is 127. The highest BCUT2D eigenvalue weighted by Gasteiger charge is 2.04. The number of benzene rings is 2. The molecule has 0 aliphatic rings. The van der Waals surface area contributed by atoms with E-state index in [9.17, 15) is 4.79 Å². The van der Waals surface area contributed by atoms with Gasteiger partial charge in [-0.15, -0.1) is 24.0 Å². The predicted molar refractivity (Wildman–Crippen MR) is 139 cm³/mol. The molecule has 0 saturated heterocycles. The van der Waals surface area contributed by atoms with Crippen LogP contribution >= 0.6 is 24.0 Å². The van der Waals surface area contributed by atoms with E-state index in [1.807, 2.05) is 42.5 Å². The van der Waals surface area contributed by atoms with E-state index in [0.717, 1.165) is 31.2 Å². The Bertz CT molecular complexity index is 782. The first-order valence-electron chi connectivity index (χ1n) is 10.6. The number of hydrogen-bond acceptors (Lipinski definition) is 3.